The lowest BCUT2D eigenvalue weighted by atomic mass is 10.2. The van der Waals surface area contributed by atoms with Gasteiger partial charge in [0.1, 0.15) is 17.9 Å². The van der Waals surface area contributed by atoms with E-state index in [0.717, 1.165) is 10.2 Å². The fourth-order valence-electron chi connectivity index (χ4n) is 4.56. The summed E-state index contributed by atoms with van der Waals surface area (Å²) in [7, 11) is 1.56. The molecule has 12 heteroatoms. The number of furan rings is 1. The first kappa shape index (κ1) is 28.1. The molecular formula is C31H20BrClN4O6. The minimum Gasteiger partial charge on any atom is -0.496 e. The smallest absolute Gasteiger partial charge is 0.312 e. The van der Waals surface area contributed by atoms with Gasteiger partial charge in [-0.25, -0.2) is 4.98 Å². The zero-order valence-corrected chi connectivity index (χ0v) is 24.7. The molecule has 6 rings (SSSR count). The Balaban J connectivity index is 1.50. The predicted molar refractivity (Wildman–Crippen MR) is 167 cm³/mol. The van der Waals surface area contributed by atoms with Gasteiger partial charge in [-0.05, 0) is 54.1 Å². The molecule has 214 valence electrons. The Bertz CT molecular complexity index is 2110. The summed E-state index contributed by atoms with van der Waals surface area (Å²) < 4.78 is 19.0. The van der Waals surface area contributed by atoms with Gasteiger partial charge in [0.05, 0.1) is 34.5 Å². The third-order valence-electron chi connectivity index (χ3n) is 6.58. The summed E-state index contributed by atoms with van der Waals surface area (Å²) in [5.41, 5.74) is 1.25. The average Bonchev–Trinajstić information content (AvgIpc) is 3.45. The van der Waals surface area contributed by atoms with Crippen molar-refractivity contribution in [2.45, 2.75) is 6.61 Å². The number of nitro groups is 1. The van der Waals surface area contributed by atoms with Crippen LogP contribution in [0.3, 0.4) is 0 Å². The van der Waals surface area contributed by atoms with E-state index >= 15 is 0 Å². The summed E-state index contributed by atoms with van der Waals surface area (Å²) in [6, 6.07) is 23.8. The standard InChI is InChI=1S/C31H20BrClN4O6/c1-41-26-7-4-8-27-23(26)15-28(43-27)30-35-24-6-3-2-5-22(24)31(38)36(30)34-16-19-13-20(32)14-25(37(39)40)29(19)42-17-18-9-11-21(33)12-10-18/h2-16H,17H2,1H3. The van der Waals surface area contributed by atoms with E-state index in [2.05, 4.69) is 21.0 Å². The summed E-state index contributed by atoms with van der Waals surface area (Å²) in [5, 5.41) is 18.0. The molecule has 0 amide bonds. The maximum absolute atomic E-state index is 13.7. The van der Waals surface area contributed by atoms with Crippen molar-refractivity contribution in [2.24, 2.45) is 5.10 Å². The Morgan fingerprint density at radius 2 is 1.86 bits per heavy atom. The van der Waals surface area contributed by atoms with E-state index in [1.807, 2.05) is 0 Å². The first-order valence-electron chi connectivity index (χ1n) is 12.8. The Labute approximate surface area is 257 Å². The number of hydrogen-bond donors (Lipinski definition) is 0. The summed E-state index contributed by atoms with van der Waals surface area (Å²) in [6.07, 6.45) is 1.32. The minimum atomic E-state index is -0.545. The Morgan fingerprint density at radius 3 is 2.63 bits per heavy atom. The molecule has 0 saturated heterocycles. The molecule has 10 nitrogen and oxygen atoms in total. The molecule has 0 N–H and O–H groups in total. The molecule has 0 spiro atoms. The van der Waals surface area contributed by atoms with Crippen LogP contribution in [0.4, 0.5) is 5.69 Å². The van der Waals surface area contributed by atoms with E-state index in [-0.39, 0.29) is 35.2 Å². The van der Waals surface area contributed by atoms with Gasteiger partial charge >= 0.3 is 5.69 Å². The molecule has 2 heterocycles. The SMILES string of the molecule is COc1cccc2oc(-c3nc4ccccc4c(=O)n3N=Cc3cc(Br)cc([N+](=O)[O-])c3OCc3ccc(Cl)cc3)cc12. The Hall–Kier alpha value is -5.00. The molecule has 2 aromatic heterocycles. The second-order valence-electron chi connectivity index (χ2n) is 9.31. The number of para-hydroxylation sites is 1. The second kappa shape index (κ2) is 11.7. The maximum Gasteiger partial charge on any atom is 0.312 e. The molecule has 0 saturated carbocycles. The molecule has 0 aliphatic carbocycles. The molecule has 0 fully saturated rings. The van der Waals surface area contributed by atoms with Gasteiger partial charge in [-0.15, -0.1) is 0 Å². The highest BCUT2D eigenvalue weighted by Crippen LogP contribution is 2.35. The highest BCUT2D eigenvalue weighted by molar-refractivity contribution is 9.10. The van der Waals surface area contributed by atoms with Crippen molar-refractivity contribution in [1.29, 1.82) is 0 Å². The van der Waals surface area contributed by atoms with Gasteiger partial charge in [0.2, 0.25) is 11.6 Å². The van der Waals surface area contributed by atoms with Crippen molar-refractivity contribution in [2.75, 3.05) is 7.11 Å². The number of nitro benzene ring substituents is 1. The molecule has 0 bridgehead atoms. The number of rotatable bonds is 8. The Morgan fingerprint density at radius 1 is 1.07 bits per heavy atom. The third-order valence-corrected chi connectivity index (χ3v) is 7.29. The highest BCUT2D eigenvalue weighted by Gasteiger charge is 2.22. The van der Waals surface area contributed by atoms with Crippen LogP contribution in [0.25, 0.3) is 33.5 Å². The van der Waals surface area contributed by atoms with Crippen LogP contribution in [-0.2, 0) is 6.61 Å². The van der Waals surface area contributed by atoms with Gasteiger partial charge in [0.25, 0.3) is 5.56 Å². The van der Waals surface area contributed by atoms with E-state index in [4.69, 9.17) is 30.5 Å². The number of hydrogen-bond acceptors (Lipinski definition) is 8. The van der Waals surface area contributed by atoms with Crippen molar-refractivity contribution < 1.29 is 18.8 Å². The number of fused-ring (bicyclic) bond motifs is 2. The summed E-state index contributed by atoms with van der Waals surface area (Å²) >= 11 is 9.32. The zero-order valence-electron chi connectivity index (χ0n) is 22.4. The van der Waals surface area contributed by atoms with Crippen LogP contribution in [0.1, 0.15) is 11.1 Å². The van der Waals surface area contributed by atoms with Crippen molar-refractivity contribution >= 4 is 61.3 Å². The first-order chi connectivity index (χ1) is 20.8. The second-order valence-corrected chi connectivity index (χ2v) is 10.7. The van der Waals surface area contributed by atoms with Crippen LogP contribution in [0, 0.1) is 10.1 Å². The summed E-state index contributed by atoms with van der Waals surface area (Å²) in [4.78, 5) is 29.9. The first-order valence-corrected chi connectivity index (χ1v) is 14.0. The molecule has 43 heavy (non-hydrogen) atoms. The van der Waals surface area contributed by atoms with E-state index in [0.29, 0.717) is 37.1 Å². The van der Waals surface area contributed by atoms with Crippen LogP contribution in [0.15, 0.2) is 104 Å². The zero-order chi connectivity index (χ0) is 30.1. The number of halogens is 2. The van der Waals surface area contributed by atoms with Crippen LogP contribution in [0.5, 0.6) is 11.5 Å². The lowest BCUT2D eigenvalue weighted by Gasteiger charge is -2.11. The van der Waals surface area contributed by atoms with Gasteiger partial charge in [0, 0.05) is 21.1 Å². The van der Waals surface area contributed by atoms with E-state index in [1.54, 1.807) is 86.0 Å². The van der Waals surface area contributed by atoms with Gasteiger partial charge in [-0.1, -0.05) is 57.9 Å². The van der Waals surface area contributed by atoms with Gasteiger partial charge in [0.15, 0.2) is 5.76 Å². The van der Waals surface area contributed by atoms with Crippen LogP contribution < -0.4 is 15.0 Å². The van der Waals surface area contributed by atoms with Crippen LogP contribution >= 0.6 is 27.5 Å². The monoisotopic (exact) mass is 658 g/mol. The highest BCUT2D eigenvalue weighted by atomic mass is 79.9. The van der Waals surface area contributed by atoms with E-state index < -0.39 is 10.5 Å². The van der Waals surface area contributed by atoms with Crippen molar-refractivity contribution in [3.63, 3.8) is 0 Å². The lowest BCUT2D eigenvalue weighted by molar-refractivity contribution is -0.386. The fourth-order valence-corrected chi connectivity index (χ4v) is 5.15. The third kappa shape index (κ3) is 5.60. The van der Waals surface area contributed by atoms with Crippen LogP contribution in [-0.4, -0.2) is 27.9 Å². The minimum absolute atomic E-state index is 0.0243. The topological polar surface area (TPSA) is 122 Å². The van der Waals surface area contributed by atoms with Crippen molar-refractivity contribution in [3.05, 3.63) is 126 Å². The van der Waals surface area contributed by atoms with Gasteiger partial charge < -0.3 is 13.9 Å². The predicted octanol–water partition coefficient (Wildman–Crippen LogP) is 7.60. The Kier molecular flexibility index (Phi) is 7.66. The maximum atomic E-state index is 13.7. The molecule has 0 unspecified atom stereocenters. The molecule has 0 aliphatic rings. The molecule has 0 radical (unpaired) electrons. The quantitative estimate of drug-likeness (QED) is 0.0937. The fraction of sp³-hybridized carbons (Fsp3) is 0.0645. The normalized spacial score (nSPS) is 11.4. The molecule has 4 aromatic carbocycles. The summed E-state index contributed by atoms with van der Waals surface area (Å²) in [5.74, 6) is 0.976. The molecule has 0 atom stereocenters. The van der Waals surface area contributed by atoms with E-state index in [9.17, 15) is 14.9 Å². The van der Waals surface area contributed by atoms with Crippen molar-refractivity contribution in [3.8, 4) is 23.1 Å². The largest absolute Gasteiger partial charge is 0.496 e. The number of benzene rings is 4. The number of ether oxygens (including phenoxy) is 2. The number of aromatic nitrogens is 2. The van der Waals surface area contributed by atoms with Crippen molar-refractivity contribution in [1.82, 2.24) is 9.66 Å². The van der Waals surface area contributed by atoms with E-state index in [1.165, 1.54) is 12.3 Å². The van der Waals surface area contributed by atoms with Crippen LogP contribution in [0.2, 0.25) is 5.02 Å². The van der Waals surface area contributed by atoms with Gasteiger partial charge in [-0.3, -0.25) is 14.9 Å². The van der Waals surface area contributed by atoms with Gasteiger partial charge in [-0.2, -0.15) is 9.78 Å². The lowest BCUT2D eigenvalue weighted by Crippen LogP contribution is -2.20. The number of nitrogens with zero attached hydrogens (tertiary/aromatic N) is 4. The molecule has 6 aromatic rings. The average molecular weight is 660 g/mol. The molecular weight excluding hydrogens is 640 g/mol. The number of methoxy groups -OCH3 is 1. The summed E-state index contributed by atoms with van der Waals surface area (Å²) in [6.45, 7) is 0.0318. The molecule has 0 aliphatic heterocycles.